The Balaban J connectivity index is 1.68. The number of aromatic nitrogens is 1. The van der Waals surface area contributed by atoms with E-state index in [-0.39, 0.29) is 11.1 Å². The van der Waals surface area contributed by atoms with E-state index in [0.29, 0.717) is 15.8 Å². The van der Waals surface area contributed by atoms with E-state index in [1.807, 2.05) is 42.6 Å². The number of hydrogen-bond acceptors (Lipinski definition) is 4. The van der Waals surface area contributed by atoms with E-state index in [1.165, 1.54) is 116 Å². The van der Waals surface area contributed by atoms with Gasteiger partial charge in [-0.2, -0.15) is 25.6 Å². The number of pyridine rings is 1. The van der Waals surface area contributed by atoms with Gasteiger partial charge >= 0.3 is 0 Å². The van der Waals surface area contributed by atoms with Gasteiger partial charge in [-0.05, 0) is 18.6 Å². The van der Waals surface area contributed by atoms with Gasteiger partial charge in [-0.15, -0.1) is 0 Å². The fourth-order valence-electron chi connectivity index (χ4n) is 5.84. The fourth-order valence-corrected chi connectivity index (χ4v) is 5.84. The second-order valence-electron chi connectivity index (χ2n) is 11.5. The summed E-state index contributed by atoms with van der Waals surface area (Å²) >= 11 is 0. The fraction of sp³-hybridized carbons (Fsp3) is 0.595. The van der Waals surface area contributed by atoms with Crippen LogP contribution in [0.3, 0.4) is 0 Å². The molecule has 42 heavy (non-hydrogen) atoms. The van der Waals surface area contributed by atoms with Crippen LogP contribution in [0.15, 0.2) is 30.5 Å². The molecule has 1 heterocycles. The molecule has 0 bridgehead atoms. The van der Waals surface area contributed by atoms with Crippen LogP contribution in [0.4, 0.5) is 0 Å². The summed E-state index contributed by atoms with van der Waals surface area (Å²) in [4.78, 5) is 0. The van der Waals surface area contributed by atoms with Crippen LogP contribution in [-0.2, 0) is 6.54 Å². The Morgan fingerprint density at radius 3 is 1.33 bits per heavy atom. The number of nitrogens with zero attached hydrogens (tertiary/aromatic N) is 5. The van der Waals surface area contributed by atoms with E-state index >= 15 is 0 Å². The Bertz CT molecular complexity index is 1350. The van der Waals surface area contributed by atoms with Crippen LogP contribution in [-0.4, -0.2) is 0 Å². The van der Waals surface area contributed by atoms with Gasteiger partial charge < -0.3 is 0 Å². The van der Waals surface area contributed by atoms with Crippen LogP contribution < -0.4 is 15.0 Å². The molecule has 0 spiro atoms. The third-order valence-corrected chi connectivity index (χ3v) is 8.27. The molecular formula is C37H50N5+. The molecule has 5 nitrogen and oxygen atoms in total. The number of aryl methyl sites for hydroxylation is 1. The summed E-state index contributed by atoms with van der Waals surface area (Å²) in [6.45, 7) is 3.04. The van der Waals surface area contributed by atoms with E-state index in [4.69, 9.17) is 0 Å². The molecule has 0 amide bonds. The summed E-state index contributed by atoms with van der Waals surface area (Å²) in [5.74, 6) is 0. The molecule has 0 unspecified atom stereocenters. The molecule has 0 radical (unpaired) electrons. The molecule has 1 aromatic carbocycles. The van der Waals surface area contributed by atoms with Gasteiger partial charge in [0.15, 0.2) is 6.20 Å². The van der Waals surface area contributed by atoms with E-state index in [1.54, 1.807) is 12.1 Å². The SMILES string of the molecule is CCCCCCCCCCCCCCCCCCCCCC[n+]1cccc2c(=C(C#N)C#N)ccc(=C(C#N)C#N)c21. The van der Waals surface area contributed by atoms with Crippen LogP contribution >= 0.6 is 0 Å². The lowest BCUT2D eigenvalue weighted by Gasteiger charge is -2.05. The van der Waals surface area contributed by atoms with E-state index in [0.717, 1.165) is 24.9 Å². The summed E-state index contributed by atoms with van der Waals surface area (Å²) in [6, 6.07) is 15.0. The number of fused-ring (bicyclic) bond motifs is 1. The predicted octanol–water partition coefficient (Wildman–Crippen LogP) is 8.34. The molecule has 0 N–H and O–H groups in total. The van der Waals surface area contributed by atoms with Gasteiger partial charge in [0.05, 0.1) is 10.6 Å². The standard InChI is InChI=1S/C37H50N5/c1-2-3-4-5-6-7-8-9-10-11-12-13-14-15-16-17-18-19-20-21-26-42-27-22-23-36-34(32(28-38)29-39)24-25-35(37(36)42)33(30-40)31-41/h22-25,27H,2-21,26H2,1H3/q+1. The largest absolute Gasteiger partial charge is 0.222 e. The number of rotatable bonds is 21. The molecule has 0 fully saturated rings. The zero-order chi connectivity index (χ0) is 30.3. The Morgan fingerprint density at radius 2 is 0.905 bits per heavy atom. The summed E-state index contributed by atoms with van der Waals surface area (Å²) < 4.78 is 2.06. The minimum absolute atomic E-state index is 0.0265. The zero-order valence-corrected chi connectivity index (χ0v) is 26.0. The number of benzene rings is 1. The van der Waals surface area contributed by atoms with Crippen LogP contribution in [0.2, 0.25) is 0 Å². The van der Waals surface area contributed by atoms with Crippen molar-refractivity contribution in [2.75, 3.05) is 0 Å². The summed E-state index contributed by atoms with van der Waals surface area (Å²) in [7, 11) is 0. The molecule has 2 aromatic rings. The van der Waals surface area contributed by atoms with E-state index in [9.17, 15) is 21.0 Å². The monoisotopic (exact) mass is 564 g/mol. The van der Waals surface area contributed by atoms with Crippen LogP contribution in [0, 0.1) is 45.3 Å². The van der Waals surface area contributed by atoms with Crippen molar-refractivity contribution >= 4 is 22.0 Å². The maximum absolute atomic E-state index is 9.52. The van der Waals surface area contributed by atoms with Crippen molar-refractivity contribution < 1.29 is 4.57 Å². The molecule has 0 aliphatic heterocycles. The van der Waals surface area contributed by atoms with Gasteiger partial charge in [0.25, 0.3) is 0 Å². The Hall–Kier alpha value is -3.67. The predicted molar refractivity (Wildman–Crippen MR) is 171 cm³/mol. The van der Waals surface area contributed by atoms with Gasteiger partial charge in [0, 0.05) is 17.7 Å². The second-order valence-corrected chi connectivity index (χ2v) is 11.5. The van der Waals surface area contributed by atoms with Gasteiger partial charge in [-0.3, -0.25) is 0 Å². The molecule has 0 aliphatic carbocycles. The maximum Gasteiger partial charge on any atom is 0.222 e. The Morgan fingerprint density at radius 1 is 0.524 bits per heavy atom. The quantitative estimate of drug-likeness (QED) is 0.112. The van der Waals surface area contributed by atoms with Gasteiger partial charge in [0.1, 0.15) is 42.0 Å². The topological polar surface area (TPSA) is 99.0 Å². The summed E-state index contributed by atoms with van der Waals surface area (Å²) in [6.07, 6.45) is 28.9. The lowest BCUT2D eigenvalue weighted by atomic mass is 10.0. The zero-order valence-electron chi connectivity index (χ0n) is 26.0. The third kappa shape index (κ3) is 12.1. The van der Waals surface area contributed by atoms with Crippen LogP contribution in [0.25, 0.3) is 22.0 Å². The molecule has 2 rings (SSSR count). The first kappa shape index (κ1) is 34.5. The van der Waals surface area contributed by atoms with E-state index in [2.05, 4.69) is 11.5 Å². The van der Waals surface area contributed by atoms with Crippen molar-refractivity contribution in [1.29, 1.82) is 21.0 Å². The number of nitriles is 4. The average molecular weight is 565 g/mol. The van der Waals surface area contributed by atoms with Crippen LogP contribution in [0.5, 0.6) is 0 Å². The molecule has 1 aromatic heterocycles. The van der Waals surface area contributed by atoms with Crippen molar-refractivity contribution in [3.05, 3.63) is 40.9 Å². The molecule has 0 saturated heterocycles. The average Bonchev–Trinajstić information content (AvgIpc) is 3.02. The Labute approximate surface area is 254 Å². The van der Waals surface area contributed by atoms with Crippen molar-refractivity contribution in [3.63, 3.8) is 0 Å². The van der Waals surface area contributed by atoms with E-state index < -0.39 is 0 Å². The van der Waals surface area contributed by atoms with Crippen molar-refractivity contribution in [1.82, 2.24) is 0 Å². The smallest absolute Gasteiger partial charge is 0.198 e. The van der Waals surface area contributed by atoms with Gasteiger partial charge in [0.2, 0.25) is 5.52 Å². The van der Waals surface area contributed by atoms with Crippen molar-refractivity contribution in [2.24, 2.45) is 0 Å². The highest BCUT2D eigenvalue weighted by Crippen LogP contribution is 2.15. The minimum atomic E-state index is 0.0265. The highest BCUT2D eigenvalue weighted by atomic mass is 14.9. The molecular weight excluding hydrogens is 514 g/mol. The summed E-state index contributed by atoms with van der Waals surface area (Å²) in [5.41, 5.74) is 0.790. The molecule has 0 aliphatic rings. The third-order valence-electron chi connectivity index (χ3n) is 8.27. The number of hydrogen-bond donors (Lipinski definition) is 0. The van der Waals surface area contributed by atoms with Crippen molar-refractivity contribution in [2.45, 2.75) is 142 Å². The maximum atomic E-state index is 9.52. The lowest BCUT2D eigenvalue weighted by Crippen LogP contribution is -2.39. The normalized spacial score (nSPS) is 10.5. The number of unbranched alkanes of at least 4 members (excludes halogenated alkanes) is 19. The molecule has 222 valence electrons. The van der Waals surface area contributed by atoms with Crippen LogP contribution in [0.1, 0.15) is 135 Å². The second kappa shape index (κ2) is 22.0. The Kier molecular flexibility index (Phi) is 18.1. The minimum Gasteiger partial charge on any atom is -0.198 e. The first-order chi connectivity index (χ1) is 20.7. The first-order valence-corrected chi connectivity index (χ1v) is 16.5. The summed E-state index contributed by atoms with van der Waals surface area (Å²) in [5, 5.41) is 39.7. The molecule has 5 heteroatoms. The van der Waals surface area contributed by atoms with Crippen molar-refractivity contribution in [3.8, 4) is 24.3 Å². The highest BCUT2D eigenvalue weighted by molar-refractivity contribution is 5.88. The van der Waals surface area contributed by atoms with Gasteiger partial charge in [-0.1, -0.05) is 129 Å². The molecule has 0 atom stereocenters. The lowest BCUT2D eigenvalue weighted by molar-refractivity contribution is -0.672. The van der Waals surface area contributed by atoms with Gasteiger partial charge in [-0.25, -0.2) is 0 Å². The molecule has 0 saturated carbocycles. The first-order valence-electron chi connectivity index (χ1n) is 16.5. The highest BCUT2D eigenvalue weighted by Gasteiger charge is 2.15.